The molecule has 0 aliphatic carbocycles. The first kappa shape index (κ1) is 14.3. The van der Waals surface area contributed by atoms with Crippen molar-refractivity contribution in [2.24, 2.45) is 0 Å². The summed E-state index contributed by atoms with van der Waals surface area (Å²) in [6.07, 6.45) is 4.65. The van der Waals surface area contributed by atoms with Crippen LogP contribution in [-0.2, 0) is 9.59 Å². The third kappa shape index (κ3) is 3.85. The first-order valence-electron chi connectivity index (χ1n) is 6.09. The van der Waals surface area contributed by atoms with Gasteiger partial charge in [0.05, 0.1) is 6.04 Å². The number of hydrogen-bond donors (Lipinski definition) is 3. The van der Waals surface area contributed by atoms with Gasteiger partial charge in [0.2, 0.25) is 11.8 Å². The molecule has 0 radical (unpaired) electrons. The summed E-state index contributed by atoms with van der Waals surface area (Å²) in [7, 11) is 0. The van der Waals surface area contributed by atoms with Crippen LogP contribution in [0.4, 0.5) is 0 Å². The zero-order valence-electron chi connectivity index (χ0n) is 9.83. The third-order valence-electron chi connectivity index (χ3n) is 3.23. The highest BCUT2D eigenvalue weighted by molar-refractivity contribution is 5.90. The van der Waals surface area contributed by atoms with Gasteiger partial charge in [0.15, 0.2) is 0 Å². The van der Waals surface area contributed by atoms with Gasteiger partial charge in [-0.3, -0.25) is 9.59 Å². The molecule has 5 nitrogen and oxygen atoms in total. The molecule has 3 N–H and O–H groups in total. The maximum absolute atomic E-state index is 11.8. The molecule has 2 saturated heterocycles. The van der Waals surface area contributed by atoms with Crippen LogP contribution in [0.15, 0.2) is 0 Å². The summed E-state index contributed by atoms with van der Waals surface area (Å²) in [5.41, 5.74) is 0. The number of halogens is 1. The molecule has 2 atom stereocenters. The zero-order chi connectivity index (χ0) is 11.4. The van der Waals surface area contributed by atoms with Gasteiger partial charge in [0.1, 0.15) is 6.04 Å². The van der Waals surface area contributed by atoms with Crippen LogP contribution >= 0.6 is 12.4 Å². The highest BCUT2D eigenvalue weighted by Crippen LogP contribution is 2.08. The van der Waals surface area contributed by atoms with E-state index in [0.717, 1.165) is 45.2 Å². The molecule has 2 aliphatic heterocycles. The smallest absolute Gasteiger partial charge is 0.242 e. The Morgan fingerprint density at radius 2 is 2.00 bits per heavy atom. The summed E-state index contributed by atoms with van der Waals surface area (Å²) in [6, 6.07) is -0.437. The third-order valence-corrected chi connectivity index (χ3v) is 3.23. The fraction of sp³-hybridized carbons (Fsp3) is 0.818. The summed E-state index contributed by atoms with van der Waals surface area (Å²) >= 11 is 0. The van der Waals surface area contributed by atoms with E-state index in [2.05, 4.69) is 16.0 Å². The number of rotatable bonds is 2. The summed E-state index contributed by atoms with van der Waals surface area (Å²) < 4.78 is 0. The van der Waals surface area contributed by atoms with E-state index in [1.165, 1.54) is 0 Å². The predicted octanol–water partition coefficient (Wildman–Crippen LogP) is -0.0549. The van der Waals surface area contributed by atoms with Crippen LogP contribution in [0.5, 0.6) is 0 Å². The molecule has 0 aromatic rings. The quantitative estimate of drug-likeness (QED) is 0.653. The Morgan fingerprint density at radius 3 is 2.71 bits per heavy atom. The first-order chi connectivity index (χ1) is 7.77. The number of carbonyl (C=O) groups excluding carboxylic acids is 2. The van der Waals surface area contributed by atoms with Crippen molar-refractivity contribution in [1.82, 2.24) is 16.0 Å². The fourth-order valence-electron chi connectivity index (χ4n) is 2.26. The molecule has 0 aromatic heterocycles. The largest absolute Gasteiger partial charge is 0.354 e. The van der Waals surface area contributed by atoms with Crippen LogP contribution in [0.1, 0.15) is 32.1 Å². The topological polar surface area (TPSA) is 70.2 Å². The van der Waals surface area contributed by atoms with Gasteiger partial charge in [-0.1, -0.05) is 0 Å². The monoisotopic (exact) mass is 261 g/mol. The average Bonchev–Trinajstić information content (AvgIpc) is 2.73. The summed E-state index contributed by atoms with van der Waals surface area (Å²) in [5.74, 6) is -0.0663. The Bertz CT molecular complexity index is 280. The van der Waals surface area contributed by atoms with Gasteiger partial charge in [0, 0.05) is 6.54 Å². The lowest BCUT2D eigenvalue weighted by atomic mass is 10.1. The molecule has 0 saturated carbocycles. The minimum atomic E-state index is -0.336. The molecule has 1 unspecified atom stereocenters. The lowest BCUT2D eigenvalue weighted by Crippen LogP contribution is -2.50. The maximum Gasteiger partial charge on any atom is 0.242 e. The van der Waals surface area contributed by atoms with E-state index in [1.807, 2.05) is 0 Å². The van der Waals surface area contributed by atoms with Crippen molar-refractivity contribution >= 4 is 24.2 Å². The van der Waals surface area contributed by atoms with Crippen LogP contribution in [0.25, 0.3) is 0 Å². The van der Waals surface area contributed by atoms with Gasteiger partial charge >= 0.3 is 0 Å². The molecule has 0 aromatic carbocycles. The van der Waals surface area contributed by atoms with Gasteiger partial charge in [-0.25, -0.2) is 0 Å². The second-order valence-corrected chi connectivity index (χ2v) is 4.50. The SMILES string of the molecule is Cl.O=C1NCCCCC1NC(=O)[C@@H]1CCCN1. The minimum absolute atomic E-state index is 0. The first-order valence-corrected chi connectivity index (χ1v) is 6.09. The van der Waals surface area contributed by atoms with Gasteiger partial charge < -0.3 is 16.0 Å². The highest BCUT2D eigenvalue weighted by atomic mass is 35.5. The predicted molar refractivity (Wildman–Crippen MR) is 67.1 cm³/mol. The molecule has 2 rings (SSSR count). The van der Waals surface area contributed by atoms with Crippen molar-refractivity contribution in [2.75, 3.05) is 13.1 Å². The molecule has 17 heavy (non-hydrogen) atoms. The molecule has 2 amide bonds. The molecule has 6 heteroatoms. The standard InChI is InChI=1S/C11H19N3O2.ClH/c15-10-9(4-1-2-6-13-10)14-11(16)8-5-3-7-12-8;/h8-9,12H,1-7H2,(H,13,15)(H,14,16);1H/t8-,9?;/m0./s1. The Labute approximate surface area is 108 Å². The van der Waals surface area contributed by atoms with E-state index < -0.39 is 0 Å². The molecule has 0 bridgehead atoms. The van der Waals surface area contributed by atoms with E-state index in [9.17, 15) is 9.59 Å². The zero-order valence-corrected chi connectivity index (χ0v) is 10.6. The van der Waals surface area contributed by atoms with Gasteiger partial charge in [0.25, 0.3) is 0 Å². The molecule has 2 heterocycles. The van der Waals surface area contributed by atoms with Crippen molar-refractivity contribution in [3.05, 3.63) is 0 Å². The van der Waals surface area contributed by atoms with Crippen molar-refractivity contribution in [3.63, 3.8) is 0 Å². The van der Waals surface area contributed by atoms with E-state index in [0.29, 0.717) is 0 Å². The van der Waals surface area contributed by atoms with Crippen LogP contribution in [0, 0.1) is 0 Å². The Kier molecular flexibility index (Phi) is 5.71. The Balaban J connectivity index is 0.00000144. The van der Waals surface area contributed by atoms with Crippen LogP contribution in [0.2, 0.25) is 0 Å². The van der Waals surface area contributed by atoms with E-state index in [4.69, 9.17) is 0 Å². The van der Waals surface area contributed by atoms with Gasteiger partial charge in [-0.05, 0) is 38.6 Å². The molecule has 2 fully saturated rings. The van der Waals surface area contributed by atoms with Crippen LogP contribution < -0.4 is 16.0 Å². The van der Waals surface area contributed by atoms with E-state index in [-0.39, 0.29) is 36.3 Å². The lowest BCUT2D eigenvalue weighted by Gasteiger charge is -2.18. The summed E-state index contributed by atoms with van der Waals surface area (Å²) in [4.78, 5) is 23.4. The minimum Gasteiger partial charge on any atom is -0.354 e. The summed E-state index contributed by atoms with van der Waals surface area (Å²) in [6.45, 7) is 1.63. The highest BCUT2D eigenvalue weighted by Gasteiger charge is 2.27. The van der Waals surface area contributed by atoms with Crippen molar-refractivity contribution < 1.29 is 9.59 Å². The van der Waals surface area contributed by atoms with Gasteiger partial charge in [-0.2, -0.15) is 0 Å². The lowest BCUT2D eigenvalue weighted by molar-refractivity contribution is -0.129. The normalized spacial score (nSPS) is 28.8. The van der Waals surface area contributed by atoms with Crippen LogP contribution in [-0.4, -0.2) is 37.0 Å². The molecule has 0 spiro atoms. The van der Waals surface area contributed by atoms with Crippen LogP contribution in [0.3, 0.4) is 0 Å². The van der Waals surface area contributed by atoms with Crippen molar-refractivity contribution in [1.29, 1.82) is 0 Å². The summed E-state index contributed by atoms with van der Waals surface area (Å²) in [5, 5.41) is 8.79. The second-order valence-electron chi connectivity index (χ2n) is 4.50. The Hall–Kier alpha value is -0.810. The number of amides is 2. The molecule has 98 valence electrons. The second kappa shape index (κ2) is 6.81. The van der Waals surface area contributed by atoms with Gasteiger partial charge in [-0.15, -0.1) is 12.4 Å². The maximum atomic E-state index is 11.8. The number of nitrogens with one attached hydrogen (secondary N) is 3. The van der Waals surface area contributed by atoms with Crippen molar-refractivity contribution in [3.8, 4) is 0 Å². The van der Waals surface area contributed by atoms with E-state index in [1.54, 1.807) is 0 Å². The Morgan fingerprint density at radius 1 is 1.18 bits per heavy atom. The van der Waals surface area contributed by atoms with Crippen molar-refractivity contribution in [2.45, 2.75) is 44.2 Å². The van der Waals surface area contributed by atoms with E-state index >= 15 is 0 Å². The number of hydrogen-bond acceptors (Lipinski definition) is 3. The molecule has 2 aliphatic rings. The molecular weight excluding hydrogens is 242 g/mol. The number of carbonyl (C=O) groups is 2. The molecular formula is C11H20ClN3O2. The fourth-order valence-corrected chi connectivity index (χ4v) is 2.26. The average molecular weight is 262 g/mol.